The largest absolute Gasteiger partial charge is 0.496 e. The first-order valence-electron chi connectivity index (χ1n) is 9.01. The molecule has 0 aliphatic carbocycles. The Kier molecular flexibility index (Phi) is 5.90. The standard InChI is InChI=1S/C24H22O4/c1-16-13-14-19(15-17(16)2)22(25)23(18-9-5-4-6-10-18)28-24(26)20-11-7-8-12-21(20)27-3/h4-15,23H,1-3H3/t23-/m0/s1. The number of para-hydroxylation sites is 1. The third kappa shape index (κ3) is 4.12. The highest BCUT2D eigenvalue weighted by atomic mass is 16.5. The molecule has 28 heavy (non-hydrogen) atoms. The Labute approximate surface area is 164 Å². The number of carbonyl (C=O) groups is 2. The number of Topliss-reactive ketones (excluding diaryl/α,β-unsaturated/α-hetero) is 1. The van der Waals surface area contributed by atoms with E-state index >= 15 is 0 Å². The molecule has 0 saturated carbocycles. The Morgan fingerprint density at radius 3 is 2.18 bits per heavy atom. The smallest absolute Gasteiger partial charge is 0.342 e. The second kappa shape index (κ2) is 8.53. The van der Waals surface area contributed by atoms with Crippen LogP contribution in [-0.4, -0.2) is 18.9 Å². The molecule has 3 aromatic rings. The van der Waals surface area contributed by atoms with E-state index in [0.717, 1.165) is 11.1 Å². The van der Waals surface area contributed by atoms with E-state index < -0.39 is 12.1 Å². The van der Waals surface area contributed by atoms with Gasteiger partial charge in [0, 0.05) is 11.1 Å². The molecule has 0 unspecified atom stereocenters. The Bertz CT molecular complexity index is 992. The van der Waals surface area contributed by atoms with Gasteiger partial charge in [-0.25, -0.2) is 4.79 Å². The van der Waals surface area contributed by atoms with Crippen molar-refractivity contribution in [1.82, 2.24) is 0 Å². The highest BCUT2D eigenvalue weighted by molar-refractivity contribution is 6.02. The van der Waals surface area contributed by atoms with Crippen LogP contribution < -0.4 is 4.74 Å². The highest BCUT2D eigenvalue weighted by Gasteiger charge is 2.28. The number of hydrogen-bond acceptors (Lipinski definition) is 4. The lowest BCUT2D eigenvalue weighted by Crippen LogP contribution is -2.21. The molecular weight excluding hydrogens is 352 g/mol. The van der Waals surface area contributed by atoms with Crippen LogP contribution in [0.4, 0.5) is 0 Å². The minimum absolute atomic E-state index is 0.266. The molecule has 0 aliphatic heterocycles. The fourth-order valence-electron chi connectivity index (χ4n) is 2.93. The van der Waals surface area contributed by atoms with Crippen LogP contribution in [0.3, 0.4) is 0 Å². The Hall–Kier alpha value is -3.40. The number of methoxy groups -OCH3 is 1. The van der Waals surface area contributed by atoms with Crippen LogP contribution in [0.5, 0.6) is 5.75 Å². The van der Waals surface area contributed by atoms with Gasteiger partial charge in [0.25, 0.3) is 0 Å². The Morgan fingerprint density at radius 1 is 0.821 bits per heavy atom. The topological polar surface area (TPSA) is 52.6 Å². The third-order valence-corrected chi connectivity index (χ3v) is 4.68. The fourth-order valence-corrected chi connectivity index (χ4v) is 2.93. The van der Waals surface area contributed by atoms with E-state index in [2.05, 4.69) is 0 Å². The molecule has 0 spiro atoms. The first-order chi connectivity index (χ1) is 13.5. The summed E-state index contributed by atoms with van der Waals surface area (Å²) in [5.41, 5.74) is 3.50. The maximum absolute atomic E-state index is 13.2. The van der Waals surface area contributed by atoms with Crippen molar-refractivity contribution in [3.63, 3.8) is 0 Å². The average Bonchev–Trinajstić information content (AvgIpc) is 2.74. The molecule has 0 heterocycles. The van der Waals surface area contributed by atoms with E-state index in [1.807, 2.05) is 44.2 Å². The molecule has 0 aromatic heterocycles. The fraction of sp³-hybridized carbons (Fsp3) is 0.167. The van der Waals surface area contributed by atoms with Gasteiger partial charge in [-0.05, 0) is 43.2 Å². The maximum Gasteiger partial charge on any atom is 0.342 e. The molecule has 142 valence electrons. The number of carbonyl (C=O) groups excluding carboxylic acids is 2. The van der Waals surface area contributed by atoms with Crippen molar-refractivity contribution in [3.8, 4) is 5.75 Å². The van der Waals surface area contributed by atoms with E-state index in [1.54, 1.807) is 42.5 Å². The lowest BCUT2D eigenvalue weighted by atomic mass is 9.97. The molecule has 0 fully saturated rings. The van der Waals surface area contributed by atoms with E-state index in [9.17, 15) is 9.59 Å². The summed E-state index contributed by atoms with van der Waals surface area (Å²) in [6.45, 7) is 3.93. The second-order valence-electron chi connectivity index (χ2n) is 6.56. The first-order valence-corrected chi connectivity index (χ1v) is 9.01. The molecule has 3 rings (SSSR count). The lowest BCUT2D eigenvalue weighted by Gasteiger charge is -2.18. The Balaban J connectivity index is 1.97. The second-order valence-corrected chi connectivity index (χ2v) is 6.56. The third-order valence-electron chi connectivity index (χ3n) is 4.68. The van der Waals surface area contributed by atoms with E-state index in [4.69, 9.17) is 9.47 Å². The molecular formula is C24H22O4. The molecule has 3 aromatic carbocycles. The predicted molar refractivity (Wildman–Crippen MR) is 108 cm³/mol. The van der Waals surface area contributed by atoms with Crippen molar-refractivity contribution in [3.05, 3.63) is 101 Å². The van der Waals surface area contributed by atoms with Gasteiger partial charge >= 0.3 is 5.97 Å². The molecule has 1 atom stereocenters. The number of ether oxygens (including phenoxy) is 2. The molecule has 4 heteroatoms. The Morgan fingerprint density at radius 2 is 1.50 bits per heavy atom. The van der Waals surface area contributed by atoms with Crippen LogP contribution in [0.2, 0.25) is 0 Å². The monoisotopic (exact) mass is 374 g/mol. The summed E-state index contributed by atoms with van der Waals surface area (Å²) >= 11 is 0. The zero-order valence-corrected chi connectivity index (χ0v) is 16.1. The van der Waals surface area contributed by atoms with Crippen LogP contribution in [0.1, 0.15) is 43.5 Å². The van der Waals surface area contributed by atoms with Gasteiger partial charge in [-0.2, -0.15) is 0 Å². The van der Waals surface area contributed by atoms with Crippen molar-refractivity contribution in [1.29, 1.82) is 0 Å². The van der Waals surface area contributed by atoms with Gasteiger partial charge in [-0.15, -0.1) is 0 Å². The van der Waals surface area contributed by atoms with Crippen molar-refractivity contribution in [2.75, 3.05) is 7.11 Å². The quantitative estimate of drug-likeness (QED) is 0.445. The molecule has 4 nitrogen and oxygen atoms in total. The minimum atomic E-state index is -1.04. The van der Waals surface area contributed by atoms with Crippen molar-refractivity contribution >= 4 is 11.8 Å². The molecule has 0 N–H and O–H groups in total. The van der Waals surface area contributed by atoms with Gasteiger partial charge in [0.2, 0.25) is 5.78 Å². The first kappa shape index (κ1) is 19.4. The summed E-state index contributed by atoms with van der Waals surface area (Å²) in [7, 11) is 1.49. The number of ketones is 1. The van der Waals surface area contributed by atoms with E-state index in [-0.39, 0.29) is 11.3 Å². The molecule has 0 aliphatic rings. The maximum atomic E-state index is 13.2. The average molecular weight is 374 g/mol. The van der Waals surface area contributed by atoms with E-state index in [1.165, 1.54) is 7.11 Å². The predicted octanol–water partition coefficient (Wildman–Crippen LogP) is 5.09. The highest BCUT2D eigenvalue weighted by Crippen LogP contribution is 2.27. The number of hydrogen-bond donors (Lipinski definition) is 0. The van der Waals surface area contributed by atoms with Crippen molar-refractivity contribution in [2.45, 2.75) is 20.0 Å². The van der Waals surface area contributed by atoms with Gasteiger partial charge in [-0.3, -0.25) is 4.79 Å². The van der Waals surface area contributed by atoms with Crippen LogP contribution in [0, 0.1) is 13.8 Å². The van der Waals surface area contributed by atoms with E-state index in [0.29, 0.717) is 16.9 Å². The normalized spacial score (nSPS) is 11.5. The van der Waals surface area contributed by atoms with Gasteiger partial charge in [-0.1, -0.05) is 54.6 Å². The summed E-state index contributed by atoms with van der Waals surface area (Å²) in [6, 6.07) is 21.3. The summed E-state index contributed by atoms with van der Waals surface area (Å²) in [6.07, 6.45) is -1.04. The van der Waals surface area contributed by atoms with Gasteiger partial charge in [0.15, 0.2) is 6.10 Å². The van der Waals surface area contributed by atoms with Gasteiger partial charge in [0.1, 0.15) is 11.3 Å². The lowest BCUT2D eigenvalue weighted by molar-refractivity contribution is 0.0277. The SMILES string of the molecule is COc1ccccc1C(=O)O[C@H](C(=O)c1ccc(C)c(C)c1)c1ccccc1. The van der Waals surface area contributed by atoms with Crippen LogP contribution in [0.15, 0.2) is 72.8 Å². The van der Waals surface area contributed by atoms with Gasteiger partial charge in [0.05, 0.1) is 7.11 Å². The zero-order valence-electron chi connectivity index (χ0n) is 16.1. The summed E-state index contributed by atoms with van der Waals surface area (Å²) in [5.74, 6) is -0.473. The van der Waals surface area contributed by atoms with Crippen LogP contribution in [0.25, 0.3) is 0 Å². The van der Waals surface area contributed by atoms with Crippen molar-refractivity contribution < 1.29 is 19.1 Å². The molecule has 0 amide bonds. The van der Waals surface area contributed by atoms with Crippen molar-refractivity contribution in [2.24, 2.45) is 0 Å². The number of esters is 1. The summed E-state index contributed by atoms with van der Waals surface area (Å²) < 4.78 is 10.9. The van der Waals surface area contributed by atoms with Gasteiger partial charge < -0.3 is 9.47 Å². The number of benzene rings is 3. The van der Waals surface area contributed by atoms with Crippen LogP contribution in [-0.2, 0) is 4.74 Å². The summed E-state index contributed by atoms with van der Waals surface area (Å²) in [5, 5.41) is 0. The zero-order chi connectivity index (χ0) is 20.1. The van der Waals surface area contributed by atoms with Crippen LogP contribution >= 0.6 is 0 Å². The number of aryl methyl sites for hydroxylation is 2. The number of rotatable bonds is 6. The molecule has 0 radical (unpaired) electrons. The minimum Gasteiger partial charge on any atom is -0.496 e. The molecule has 0 saturated heterocycles. The summed E-state index contributed by atoms with van der Waals surface area (Å²) in [4.78, 5) is 26.0. The molecule has 0 bridgehead atoms.